The van der Waals surface area contributed by atoms with Crippen molar-refractivity contribution in [2.75, 3.05) is 71.4 Å². The Morgan fingerprint density at radius 3 is 2.28 bits per heavy atom. The summed E-state index contributed by atoms with van der Waals surface area (Å²) in [5.41, 5.74) is -0.125. The van der Waals surface area contributed by atoms with E-state index in [2.05, 4.69) is 34.0 Å². The number of anilines is 1. The van der Waals surface area contributed by atoms with Gasteiger partial charge in [-0.25, -0.2) is 9.79 Å². The van der Waals surface area contributed by atoms with Gasteiger partial charge in [-0.1, -0.05) is 59.8 Å². The number of piperazine rings is 1. The number of hydrogen-bond acceptors (Lipinski definition) is 16. The number of aliphatic hydroxyl groups is 2. The quantitative estimate of drug-likeness (QED) is 0.237. The number of phenols is 2. The van der Waals surface area contributed by atoms with Crippen LogP contribution in [0.2, 0.25) is 0 Å². The summed E-state index contributed by atoms with van der Waals surface area (Å²) in [6.07, 6.45) is 6.75. The third kappa shape index (κ3) is 10.4. The first kappa shape index (κ1) is 53.2. The molecule has 9 rings (SSSR count). The number of ether oxygens (including phenoxy) is 5. The Morgan fingerprint density at radius 2 is 1.62 bits per heavy atom. The Bertz CT molecular complexity index is 2610. The number of nitrogens with one attached hydrogen (secondary N) is 1. The van der Waals surface area contributed by atoms with Crippen molar-refractivity contribution in [3.05, 3.63) is 58.0 Å². The van der Waals surface area contributed by atoms with E-state index in [-0.39, 0.29) is 55.8 Å². The number of carbonyl (C=O) groups is 3. The molecule has 3 saturated heterocycles. The topological polar surface area (TPSA) is 225 Å². The largest absolute Gasteiger partial charge is 0.507 e. The van der Waals surface area contributed by atoms with Crippen LogP contribution in [0.25, 0.3) is 10.8 Å². The van der Waals surface area contributed by atoms with Crippen LogP contribution in [0.5, 0.6) is 17.2 Å². The lowest BCUT2D eigenvalue weighted by Gasteiger charge is -2.40. The van der Waals surface area contributed by atoms with Crippen LogP contribution in [0.4, 0.5) is 10.5 Å². The van der Waals surface area contributed by atoms with E-state index < -0.39 is 83.1 Å². The van der Waals surface area contributed by atoms with E-state index in [1.54, 1.807) is 63.8 Å². The average Bonchev–Trinajstić information content (AvgIpc) is 4.08. The fourth-order valence-corrected chi connectivity index (χ4v) is 11.4. The van der Waals surface area contributed by atoms with Crippen LogP contribution in [0.3, 0.4) is 0 Å². The molecule has 18 heteroatoms. The van der Waals surface area contributed by atoms with Crippen molar-refractivity contribution < 1.29 is 58.5 Å². The summed E-state index contributed by atoms with van der Waals surface area (Å²) in [4.78, 5) is 59.0. The fourth-order valence-electron chi connectivity index (χ4n) is 11.4. The Kier molecular flexibility index (Phi) is 15.8. The number of fused-ring (bicyclic) bond motifs is 13. The third-order valence-corrected chi connectivity index (χ3v) is 16.0. The van der Waals surface area contributed by atoms with Crippen molar-refractivity contribution in [3.8, 4) is 17.2 Å². The lowest BCUT2D eigenvalue weighted by atomic mass is 9.78. The second-order valence-corrected chi connectivity index (χ2v) is 21.7. The monoisotopic (exact) mass is 1000 g/mol. The number of hydrogen-bond donors (Lipinski definition) is 5. The van der Waals surface area contributed by atoms with Crippen molar-refractivity contribution in [2.24, 2.45) is 39.6 Å². The highest BCUT2D eigenvalue weighted by Crippen LogP contribution is 2.51. The van der Waals surface area contributed by atoms with Crippen LogP contribution in [0.1, 0.15) is 97.0 Å². The summed E-state index contributed by atoms with van der Waals surface area (Å²) < 4.78 is 30.9. The van der Waals surface area contributed by atoms with Gasteiger partial charge in [0.2, 0.25) is 0 Å². The normalized spacial score (nSPS) is 33.2. The van der Waals surface area contributed by atoms with Crippen LogP contribution in [0, 0.1) is 36.5 Å². The third-order valence-electron chi connectivity index (χ3n) is 16.0. The number of benzene rings is 2. The minimum absolute atomic E-state index is 0.0536. The molecule has 0 aromatic heterocycles. The molecule has 2 amide bonds. The van der Waals surface area contributed by atoms with Crippen molar-refractivity contribution in [2.45, 2.75) is 130 Å². The number of amides is 2. The van der Waals surface area contributed by atoms with Crippen LogP contribution in [-0.2, 0) is 23.7 Å². The maximum atomic E-state index is 15.0. The molecule has 394 valence electrons. The van der Waals surface area contributed by atoms with Crippen molar-refractivity contribution in [1.29, 1.82) is 0 Å². The van der Waals surface area contributed by atoms with Gasteiger partial charge in [-0.15, -0.1) is 0 Å². The van der Waals surface area contributed by atoms with Gasteiger partial charge in [0.25, 0.3) is 11.7 Å². The standard InChI is InChI=1S/C54H76N6O12/c1-29(2)27-58-19-17-54(18-20-58)56-41-38-39-46(63)35(8)49-40(38)50(65)53(9,72-49)70-26-16-37(68-10)32(5)48(71-52(67)60-23-21-59(22-24-60)28-36-15-12-25-69-36)34(7)45(62)33(6)44(61)30(3)13-11-14-31(4)51(66)55-43(47(39)64)42(41)57-54/h11,13-14,16,26,29-30,32-34,36-37,44-45,48,56,61-64H,12,15,17-25,27-28H2,1-10H3/b13-11+,26-16+,31-14-,55-43?/t30-,32+,33+,34+,36?,37-,44-,45+,48+,53-/m0/s1. The number of aliphatic hydroxyl groups excluding tert-OH is 2. The van der Waals surface area contributed by atoms with Crippen LogP contribution >= 0.6 is 0 Å². The van der Waals surface area contributed by atoms with Crippen LogP contribution in [-0.4, -0.2) is 161 Å². The molecular weight excluding hydrogens is 925 g/mol. The first-order valence-electron chi connectivity index (χ1n) is 25.9. The molecule has 2 aromatic rings. The van der Waals surface area contributed by atoms with Crippen LogP contribution in [0.15, 0.2) is 46.1 Å². The van der Waals surface area contributed by atoms with E-state index in [4.69, 9.17) is 28.7 Å². The number of Topliss-reactive ketones (excluding diaryl/α,β-unsaturated/α-hetero) is 1. The molecule has 7 aliphatic heterocycles. The van der Waals surface area contributed by atoms with Gasteiger partial charge in [0.05, 0.1) is 47.3 Å². The van der Waals surface area contributed by atoms with E-state index in [1.165, 1.54) is 20.3 Å². The average molecular weight is 1000 g/mol. The molecule has 3 fully saturated rings. The summed E-state index contributed by atoms with van der Waals surface area (Å²) in [5.74, 6) is -6.19. The molecule has 1 unspecified atom stereocenters. The minimum atomic E-state index is -1.98. The van der Waals surface area contributed by atoms with Gasteiger partial charge >= 0.3 is 11.9 Å². The second-order valence-electron chi connectivity index (χ2n) is 21.7. The van der Waals surface area contributed by atoms with Gasteiger partial charge in [-0.05, 0) is 38.7 Å². The number of allylic oxidation sites excluding steroid dienone is 2. The zero-order chi connectivity index (χ0) is 52.0. The zero-order valence-corrected chi connectivity index (χ0v) is 43.6. The first-order chi connectivity index (χ1) is 34.2. The van der Waals surface area contributed by atoms with E-state index >= 15 is 0 Å². The zero-order valence-electron chi connectivity index (χ0n) is 43.6. The highest BCUT2D eigenvalue weighted by Gasteiger charge is 2.51. The lowest BCUT2D eigenvalue weighted by Crippen LogP contribution is -2.53. The summed E-state index contributed by atoms with van der Waals surface area (Å²) in [6.45, 7) is 22.3. The van der Waals surface area contributed by atoms with Crippen molar-refractivity contribution >= 4 is 34.2 Å². The molecule has 7 aliphatic rings. The number of methoxy groups -OCH3 is 1. The first-order valence-corrected chi connectivity index (χ1v) is 25.9. The van der Waals surface area contributed by atoms with Crippen LogP contribution < -0.4 is 20.8 Å². The molecule has 5 bridgehead atoms. The van der Waals surface area contributed by atoms with Gasteiger partial charge in [-0.3, -0.25) is 19.5 Å². The fraction of sp³-hybridized carbons (Fsp3) is 0.648. The van der Waals surface area contributed by atoms with E-state index in [9.17, 15) is 34.8 Å². The van der Waals surface area contributed by atoms with Gasteiger partial charge < -0.3 is 59.2 Å². The predicted molar refractivity (Wildman–Crippen MR) is 269 cm³/mol. The smallest absolute Gasteiger partial charge is 0.410 e. The van der Waals surface area contributed by atoms with E-state index in [0.717, 1.165) is 45.6 Å². The molecule has 5 N–H and O–H groups in total. The highest BCUT2D eigenvalue weighted by molar-refractivity contribution is 6.21. The van der Waals surface area contributed by atoms with Gasteiger partial charge in [0.15, 0.2) is 5.75 Å². The summed E-state index contributed by atoms with van der Waals surface area (Å²) in [7, 11) is 1.50. The number of nitrogens with zero attached hydrogens (tertiary/aromatic N) is 5. The number of aromatic hydroxyl groups is 2. The second kappa shape index (κ2) is 21.4. The van der Waals surface area contributed by atoms with Gasteiger partial charge in [0.1, 0.15) is 34.0 Å². The SMILES string of the molecule is CO[C@H]1/C=C/O[C@@]2(C)Oc3c(C)c(O)c4c(O)c(c5c(c4c3C2=O)NC2(CCN(CC(C)C)CC2)N=5)=NC(=O)/C(C)=C\C=C\[C@H](C)[C@H](O)[C@@H](C)[C@@H](O)[C@@H](C)[C@H](OC(=O)N2CCN(CC3CCCO3)CC2)[C@@H]1C. The molecule has 0 aliphatic carbocycles. The maximum absolute atomic E-state index is 15.0. The Morgan fingerprint density at radius 1 is 0.917 bits per heavy atom. The molecule has 2 aromatic carbocycles. The van der Waals surface area contributed by atoms with Gasteiger partial charge in [0, 0.05) is 126 Å². The summed E-state index contributed by atoms with van der Waals surface area (Å²) in [5, 5.41) is 51.6. The van der Waals surface area contributed by atoms with Gasteiger partial charge in [-0.2, -0.15) is 0 Å². The van der Waals surface area contributed by atoms with Crippen molar-refractivity contribution in [3.63, 3.8) is 0 Å². The lowest BCUT2D eigenvalue weighted by molar-refractivity contribution is -0.114. The molecule has 7 heterocycles. The predicted octanol–water partition coefficient (Wildman–Crippen LogP) is 5.12. The Hall–Kier alpha value is -5.11. The molecular formula is C54H76N6O12. The molecule has 18 nitrogen and oxygen atoms in total. The number of ketones is 1. The number of phenolic OH excluding ortho intramolecular Hbond substituents is 2. The maximum Gasteiger partial charge on any atom is 0.410 e. The number of rotatable bonds is 6. The molecule has 0 radical (unpaired) electrons. The molecule has 72 heavy (non-hydrogen) atoms. The highest BCUT2D eigenvalue weighted by atomic mass is 16.7. The number of likely N-dealkylation sites (tertiary alicyclic amines) is 1. The molecule has 10 atom stereocenters. The van der Waals surface area contributed by atoms with E-state index in [1.807, 2.05) is 6.92 Å². The van der Waals surface area contributed by atoms with Crippen molar-refractivity contribution in [1.82, 2.24) is 14.7 Å². The summed E-state index contributed by atoms with van der Waals surface area (Å²) >= 11 is 0. The molecule has 1 spiro atoms. The Labute approximate surface area is 422 Å². The number of carbonyl (C=O) groups excluding carboxylic acids is 3. The molecule has 0 saturated carbocycles. The van der Waals surface area contributed by atoms with E-state index in [0.29, 0.717) is 50.6 Å². The Balaban J connectivity index is 1.18. The minimum Gasteiger partial charge on any atom is -0.507 e. The summed E-state index contributed by atoms with van der Waals surface area (Å²) in [6, 6.07) is 0. The number of piperidine rings is 1.